The van der Waals surface area contributed by atoms with E-state index in [0.29, 0.717) is 26.2 Å². The number of halogens is 1. The number of rotatable bonds is 10. The van der Waals surface area contributed by atoms with Gasteiger partial charge < -0.3 is 15.8 Å². The standard InChI is InChI=1S/C20H26N2O2.ClH/c21-19(18-10-5-2-6-11-18)16-20(23)22-13-7-14-24-15-12-17-8-3-1-4-9-17;/h1-6,8-11,19H,7,12-16,21H2,(H,22,23);1H. The molecule has 2 aromatic carbocycles. The van der Waals surface area contributed by atoms with Gasteiger partial charge in [0.1, 0.15) is 0 Å². The highest BCUT2D eigenvalue weighted by Crippen LogP contribution is 2.12. The molecule has 1 atom stereocenters. The largest absolute Gasteiger partial charge is 0.381 e. The van der Waals surface area contributed by atoms with E-state index in [9.17, 15) is 4.79 Å². The minimum Gasteiger partial charge on any atom is -0.381 e. The fourth-order valence-electron chi connectivity index (χ4n) is 2.43. The van der Waals surface area contributed by atoms with Gasteiger partial charge in [0.05, 0.1) is 6.61 Å². The van der Waals surface area contributed by atoms with Crippen LogP contribution < -0.4 is 11.1 Å². The second-order valence-corrected chi connectivity index (χ2v) is 5.77. The van der Waals surface area contributed by atoms with Crippen LogP contribution in [0.3, 0.4) is 0 Å². The first-order chi connectivity index (χ1) is 11.8. The van der Waals surface area contributed by atoms with Crippen LogP contribution in [0.2, 0.25) is 0 Å². The van der Waals surface area contributed by atoms with Crippen molar-refractivity contribution in [2.75, 3.05) is 19.8 Å². The normalized spacial score (nSPS) is 11.4. The third-order valence-corrected chi connectivity index (χ3v) is 3.80. The SMILES string of the molecule is Cl.NC(CC(=O)NCCCOCCc1ccccc1)c1ccccc1. The van der Waals surface area contributed by atoms with Gasteiger partial charge in [0.25, 0.3) is 0 Å². The molecule has 0 fully saturated rings. The predicted octanol–water partition coefficient (Wildman–Crippen LogP) is 3.26. The number of carbonyl (C=O) groups excluding carboxylic acids is 1. The molecule has 1 amide bonds. The summed E-state index contributed by atoms with van der Waals surface area (Å²) in [5, 5.41) is 2.89. The molecule has 0 bridgehead atoms. The van der Waals surface area contributed by atoms with Crippen molar-refractivity contribution in [3.8, 4) is 0 Å². The molecule has 0 saturated heterocycles. The van der Waals surface area contributed by atoms with Crippen LogP contribution in [0.25, 0.3) is 0 Å². The van der Waals surface area contributed by atoms with Crippen LogP contribution in [0.4, 0.5) is 0 Å². The maximum absolute atomic E-state index is 11.9. The molecule has 0 aromatic heterocycles. The van der Waals surface area contributed by atoms with E-state index >= 15 is 0 Å². The van der Waals surface area contributed by atoms with E-state index in [-0.39, 0.29) is 24.4 Å². The van der Waals surface area contributed by atoms with Crippen molar-refractivity contribution in [3.05, 3.63) is 71.8 Å². The van der Waals surface area contributed by atoms with E-state index in [2.05, 4.69) is 17.4 Å². The van der Waals surface area contributed by atoms with Gasteiger partial charge in [0, 0.05) is 25.6 Å². The Labute approximate surface area is 156 Å². The van der Waals surface area contributed by atoms with Crippen LogP contribution in [0.1, 0.15) is 30.0 Å². The summed E-state index contributed by atoms with van der Waals surface area (Å²) in [6.45, 7) is 1.97. The maximum atomic E-state index is 11.9. The summed E-state index contributed by atoms with van der Waals surface area (Å²) in [6, 6.07) is 19.7. The van der Waals surface area contributed by atoms with E-state index in [4.69, 9.17) is 10.5 Å². The lowest BCUT2D eigenvalue weighted by Crippen LogP contribution is -2.28. The van der Waals surface area contributed by atoms with Gasteiger partial charge in [-0.05, 0) is 24.0 Å². The Bertz CT molecular complexity index is 593. The minimum atomic E-state index is -0.256. The molecule has 136 valence electrons. The molecule has 0 aliphatic rings. The predicted molar refractivity (Wildman–Crippen MR) is 104 cm³/mol. The number of nitrogens with two attached hydrogens (primary N) is 1. The molecule has 4 nitrogen and oxygen atoms in total. The van der Waals surface area contributed by atoms with Gasteiger partial charge in [-0.3, -0.25) is 4.79 Å². The Morgan fingerprint density at radius 3 is 2.32 bits per heavy atom. The average Bonchev–Trinajstić information content (AvgIpc) is 2.62. The summed E-state index contributed by atoms with van der Waals surface area (Å²) in [4.78, 5) is 11.9. The summed E-state index contributed by atoms with van der Waals surface area (Å²) >= 11 is 0. The van der Waals surface area contributed by atoms with Crippen molar-refractivity contribution < 1.29 is 9.53 Å². The van der Waals surface area contributed by atoms with Gasteiger partial charge in [0.2, 0.25) is 5.91 Å². The molecule has 0 radical (unpaired) electrons. The second-order valence-electron chi connectivity index (χ2n) is 5.77. The van der Waals surface area contributed by atoms with E-state index < -0.39 is 0 Å². The minimum absolute atomic E-state index is 0. The summed E-state index contributed by atoms with van der Waals surface area (Å²) < 4.78 is 5.59. The molecule has 1 unspecified atom stereocenters. The van der Waals surface area contributed by atoms with Crippen molar-refractivity contribution in [1.29, 1.82) is 0 Å². The first kappa shape index (κ1) is 21.2. The Morgan fingerprint density at radius 2 is 1.64 bits per heavy atom. The van der Waals surface area contributed by atoms with Crippen LogP contribution in [0, 0.1) is 0 Å². The molecule has 0 aliphatic carbocycles. The molecule has 3 N–H and O–H groups in total. The Morgan fingerprint density at radius 1 is 1.00 bits per heavy atom. The molecular weight excluding hydrogens is 336 g/mol. The number of hydrogen-bond acceptors (Lipinski definition) is 3. The fraction of sp³-hybridized carbons (Fsp3) is 0.350. The van der Waals surface area contributed by atoms with Gasteiger partial charge >= 0.3 is 0 Å². The van der Waals surface area contributed by atoms with Crippen LogP contribution in [0.5, 0.6) is 0 Å². The highest BCUT2D eigenvalue weighted by atomic mass is 35.5. The number of ether oxygens (including phenoxy) is 1. The van der Waals surface area contributed by atoms with Gasteiger partial charge in [-0.25, -0.2) is 0 Å². The summed E-state index contributed by atoms with van der Waals surface area (Å²) in [6.07, 6.45) is 2.03. The molecule has 0 spiro atoms. The van der Waals surface area contributed by atoms with Gasteiger partial charge in [-0.2, -0.15) is 0 Å². The quantitative estimate of drug-likeness (QED) is 0.637. The first-order valence-electron chi connectivity index (χ1n) is 8.44. The van der Waals surface area contributed by atoms with Crippen molar-refractivity contribution in [3.63, 3.8) is 0 Å². The second kappa shape index (κ2) is 12.5. The molecule has 0 aliphatic heterocycles. The van der Waals surface area contributed by atoms with Crippen molar-refractivity contribution in [1.82, 2.24) is 5.32 Å². The summed E-state index contributed by atoms with van der Waals surface area (Å²) in [5.74, 6) is -0.0179. The zero-order chi connectivity index (χ0) is 17.0. The number of amides is 1. The lowest BCUT2D eigenvalue weighted by molar-refractivity contribution is -0.121. The third kappa shape index (κ3) is 8.68. The van der Waals surface area contributed by atoms with Gasteiger partial charge in [0.15, 0.2) is 0 Å². The number of hydrogen-bond donors (Lipinski definition) is 2. The number of carbonyl (C=O) groups is 1. The number of nitrogens with one attached hydrogen (secondary N) is 1. The maximum Gasteiger partial charge on any atom is 0.221 e. The molecular formula is C20H27ClN2O2. The lowest BCUT2D eigenvalue weighted by Gasteiger charge is -2.12. The van der Waals surface area contributed by atoms with Gasteiger partial charge in [-0.15, -0.1) is 12.4 Å². The zero-order valence-corrected chi connectivity index (χ0v) is 15.2. The highest BCUT2D eigenvalue weighted by molar-refractivity contribution is 5.85. The molecule has 0 heterocycles. The average molecular weight is 363 g/mol. The first-order valence-corrected chi connectivity index (χ1v) is 8.44. The van der Waals surface area contributed by atoms with E-state index in [1.54, 1.807) is 0 Å². The lowest BCUT2D eigenvalue weighted by atomic mass is 10.0. The van der Waals surface area contributed by atoms with Crippen LogP contribution >= 0.6 is 12.4 Å². The van der Waals surface area contributed by atoms with Crippen molar-refractivity contribution >= 4 is 18.3 Å². The molecule has 2 rings (SSSR count). The number of benzene rings is 2. The van der Waals surface area contributed by atoms with Crippen molar-refractivity contribution in [2.45, 2.75) is 25.3 Å². The summed E-state index contributed by atoms with van der Waals surface area (Å²) in [5.41, 5.74) is 8.30. The topological polar surface area (TPSA) is 64.4 Å². The van der Waals surface area contributed by atoms with E-state index in [1.165, 1.54) is 5.56 Å². The van der Waals surface area contributed by atoms with Crippen LogP contribution in [-0.4, -0.2) is 25.7 Å². The summed E-state index contributed by atoms with van der Waals surface area (Å²) in [7, 11) is 0. The Balaban J connectivity index is 0.00000312. The van der Waals surface area contributed by atoms with Gasteiger partial charge in [-0.1, -0.05) is 60.7 Å². The fourth-order valence-corrected chi connectivity index (χ4v) is 2.43. The zero-order valence-electron chi connectivity index (χ0n) is 14.4. The van der Waals surface area contributed by atoms with Crippen LogP contribution in [-0.2, 0) is 16.0 Å². The molecule has 25 heavy (non-hydrogen) atoms. The molecule has 0 saturated carbocycles. The smallest absolute Gasteiger partial charge is 0.221 e. The highest BCUT2D eigenvalue weighted by Gasteiger charge is 2.10. The Hall–Kier alpha value is -1.88. The molecule has 2 aromatic rings. The monoisotopic (exact) mass is 362 g/mol. The molecule has 5 heteroatoms. The van der Waals surface area contributed by atoms with Crippen LogP contribution in [0.15, 0.2) is 60.7 Å². The Kier molecular flexibility index (Phi) is 10.6. The third-order valence-electron chi connectivity index (χ3n) is 3.80. The van der Waals surface area contributed by atoms with E-state index in [1.807, 2.05) is 48.5 Å². The van der Waals surface area contributed by atoms with Crippen molar-refractivity contribution in [2.24, 2.45) is 5.73 Å². The van der Waals surface area contributed by atoms with E-state index in [0.717, 1.165) is 18.4 Å².